The Balaban J connectivity index is 2.11. The van der Waals surface area contributed by atoms with Crippen molar-refractivity contribution in [3.63, 3.8) is 0 Å². The summed E-state index contributed by atoms with van der Waals surface area (Å²) in [5.74, 6) is -0.220. The first-order chi connectivity index (χ1) is 9.24. The molecule has 100 valence electrons. The molecule has 0 unspecified atom stereocenters. The van der Waals surface area contributed by atoms with Gasteiger partial charge in [0.25, 0.3) is 5.91 Å². The number of thiazole rings is 1. The lowest BCUT2D eigenvalue weighted by Gasteiger charge is -2.06. The van der Waals surface area contributed by atoms with Gasteiger partial charge in [-0.15, -0.1) is 11.3 Å². The number of hydrogen-bond donors (Lipinski definition) is 2. The van der Waals surface area contributed by atoms with Gasteiger partial charge >= 0.3 is 0 Å². The zero-order chi connectivity index (χ0) is 13.7. The van der Waals surface area contributed by atoms with Crippen LogP contribution >= 0.6 is 11.3 Å². The van der Waals surface area contributed by atoms with Gasteiger partial charge in [-0.25, -0.2) is 4.98 Å². The molecule has 1 amide bonds. The SMILES string of the molecule is CCCc1ncc(C(=O)Nc2cnccc2CO)s1. The second-order valence-corrected chi connectivity index (χ2v) is 5.13. The molecule has 0 spiro atoms. The van der Waals surface area contributed by atoms with Crippen LogP contribution in [0.4, 0.5) is 5.69 Å². The van der Waals surface area contributed by atoms with Crippen molar-refractivity contribution in [1.29, 1.82) is 0 Å². The highest BCUT2D eigenvalue weighted by Gasteiger charge is 2.12. The standard InChI is InChI=1S/C13H15N3O2S/c1-2-3-12-15-7-11(19-12)13(18)16-10-6-14-5-4-9(10)8-17/h4-7,17H,2-3,8H2,1H3,(H,16,18). The van der Waals surface area contributed by atoms with E-state index in [-0.39, 0.29) is 12.5 Å². The van der Waals surface area contributed by atoms with Crippen LogP contribution in [0.2, 0.25) is 0 Å². The van der Waals surface area contributed by atoms with E-state index in [2.05, 4.69) is 22.2 Å². The van der Waals surface area contributed by atoms with Crippen LogP contribution in [0.25, 0.3) is 0 Å². The minimum Gasteiger partial charge on any atom is -0.392 e. The predicted octanol–water partition coefficient (Wildman–Crippen LogP) is 2.24. The summed E-state index contributed by atoms with van der Waals surface area (Å²) in [4.78, 5) is 20.8. The molecule has 0 radical (unpaired) electrons. The van der Waals surface area contributed by atoms with Crippen molar-refractivity contribution in [3.8, 4) is 0 Å². The number of carbonyl (C=O) groups is 1. The van der Waals surface area contributed by atoms with Gasteiger partial charge in [-0.3, -0.25) is 9.78 Å². The summed E-state index contributed by atoms with van der Waals surface area (Å²) in [6.45, 7) is 1.94. The van der Waals surface area contributed by atoms with Crippen molar-refractivity contribution in [1.82, 2.24) is 9.97 Å². The quantitative estimate of drug-likeness (QED) is 0.879. The van der Waals surface area contributed by atoms with Gasteiger partial charge in [-0.2, -0.15) is 0 Å². The van der Waals surface area contributed by atoms with Crippen molar-refractivity contribution in [2.24, 2.45) is 0 Å². The number of anilines is 1. The first-order valence-electron chi connectivity index (χ1n) is 6.04. The van der Waals surface area contributed by atoms with Crippen LogP contribution in [-0.4, -0.2) is 21.0 Å². The number of nitrogens with zero attached hydrogens (tertiary/aromatic N) is 2. The lowest BCUT2D eigenvalue weighted by atomic mass is 10.2. The largest absolute Gasteiger partial charge is 0.392 e. The zero-order valence-corrected chi connectivity index (χ0v) is 11.4. The molecule has 0 aliphatic heterocycles. The molecule has 2 aromatic heterocycles. The van der Waals surface area contributed by atoms with Crippen molar-refractivity contribution in [3.05, 3.63) is 40.1 Å². The van der Waals surface area contributed by atoms with Gasteiger partial charge in [0, 0.05) is 11.8 Å². The summed E-state index contributed by atoms with van der Waals surface area (Å²) >= 11 is 1.39. The fourth-order valence-corrected chi connectivity index (χ4v) is 2.52. The molecule has 2 aromatic rings. The molecule has 2 N–H and O–H groups in total. The van der Waals surface area contributed by atoms with E-state index in [1.807, 2.05) is 0 Å². The Morgan fingerprint density at radius 3 is 3.05 bits per heavy atom. The monoisotopic (exact) mass is 277 g/mol. The Bertz CT molecular complexity index is 569. The van der Waals surface area contributed by atoms with E-state index in [9.17, 15) is 9.90 Å². The third-order valence-corrected chi connectivity index (χ3v) is 3.63. The van der Waals surface area contributed by atoms with E-state index in [0.29, 0.717) is 16.1 Å². The molecule has 0 atom stereocenters. The highest BCUT2D eigenvalue weighted by Crippen LogP contribution is 2.18. The lowest BCUT2D eigenvalue weighted by molar-refractivity contribution is 0.103. The average Bonchev–Trinajstić information content (AvgIpc) is 2.88. The van der Waals surface area contributed by atoms with Crippen LogP contribution in [0.3, 0.4) is 0 Å². The van der Waals surface area contributed by atoms with E-state index < -0.39 is 0 Å². The molecule has 2 heterocycles. The maximum Gasteiger partial charge on any atom is 0.267 e. The van der Waals surface area contributed by atoms with E-state index in [4.69, 9.17) is 0 Å². The Hall–Kier alpha value is -1.79. The number of pyridine rings is 1. The molecular weight excluding hydrogens is 262 g/mol. The normalized spacial score (nSPS) is 10.4. The number of hydrogen-bond acceptors (Lipinski definition) is 5. The molecule has 6 heteroatoms. The molecule has 0 bridgehead atoms. The molecule has 0 aromatic carbocycles. The van der Waals surface area contributed by atoms with Crippen LogP contribution in [-0.2, 0) is 13.0 Å². The first-order valence-corrected chi connectivity index (χ1v) is 6.86. The number of carbonyl (C=O) groups excluding carboxylic acids is 1. The van der Waals surface area contributed by atoms with Gasteiger partial charge in [0.15, 0.2) is 0 Å². The maximum absolute atomic E-state index is 12.0. The first kappa shape index (κ1) is 13.6. The lowest BCUT2D eigenvalue weighted by Crippen LogP contribution is -2.12. The Labute approximate surface area is 115 Å². The Morgan fingerprint density at radius 1 is 1.47 bits per heavy atom. The highest BCUT2D eigenvalue weighted by atomic mass is 32.1. The number of rotatable bonds is 5. The molecular formula is C13H15N3O2S. The Kier molecular flexibility index (Phi) is 4.59. The summed E-state index contributed by atoms with van der Waals surface area (Å²) in [7, 11) is 0. The molecule has 0 saturated heterocycles. The smallest absolute Gasteiger partial charge is 0.267 e. The van der Waals surface area contributed by atoms with Crippen LogP contribution in [0.1, 0.15) is 33.6 Å². The van der Waals surface area contributed by atoms with Crippen LogP contribution in [0, 0.1) is 0 Å². The summed E-state index contributed by atoms with van der Waals surface area (Å²) in [5, 5.41) is 12.9. The van der Waals surface area contributed by atoms with Crippen LogP contribution in [0.15, 0.2) is 24.7 Å². The van der Waals surface area contributed by atoms with Gasteiger partial charge < -0.3 is 10.4 Å². The van der Waals surface area contributed by atoms with E-state index in [0.717, 1.165) is 17.8 Å². The molecule has 5 nitrogen and oxygen atoms in total. The number of aromatic nitrogens is 2. The molecule has 19 heavy (non-hydrogen) atoms. The van der Waals surface area contributed by atoms with Crippen molar-refractivity contribution in [2.45, 2.75) is 26.4 Å². The minimum atomic E-state index is -0.220. The summed E-state index contributed by atoms with van der Waals surface area (Å²) in [5.41, 5.74) is 1.17. The zero-order valence-electron chi connectivity index (χ0n) is 10.6. The summed E-state index contributed by atoms with van der Waals surface area (Å²) < 4.78 is 0. The molecule has 0 aliphatic rings. The number of nitrogens with one attached hydrogen (secondary N) is 1. The average molecular weight is 277 g/mol. The predicted molar refractivity (Wildman–Crippen MR) is 74.2 cm³/mol. The number of aryl methyl sites for hydroxylation is 1. The molecule has 2 rings (SSSR count). The number of amides is 1. The van der Waals surface area contributed by atoms with Crippen LogP contribution < -0.4 is 5.32 Å². The van der Waals surface area contributed by atoms with Crippen LogP contribution in [0.5, 0.6) is 0 Å². The highest BCUT2D eigenvalue weighted by molar-refractivity contribution is 7.13. The van der Waals surface area contributed by atoms with Crippen molar-refractivity contribution in [2.75, 3.05) is 5.32 Å². The van der Waals surface area contributed by atoms with Gasteiger partial charge in [0.05, 0.1) is 29.7 Å². The van der Waals surface area contributed by atoms with E-state index in [1.165, 1.54) is 17.5 Å². The molecule has 0 saturated carbocycles. The van der Waals surface area contributed by atoms with Gasteiger partial charge in [-0.1, -0.05) is 6.92 Å². The van der Waals surface area contributed by atoms with Crippen molar-refractivity contribution < 1.29 is 9.90 Å². The van der Waals surface area contributed by atoms with E-state index in [1.54, 1.807) is 18.5 Å². The van der Waals surface area contributed by atoms with Gasteiger partial charge in [0.2, 0.25) is 0 Å². The topological polar surface area (TPSA) is 75.1 Å². The van der Waals surface area contributed by atoms with Gasteiger partial charge in [0.1, 0.15) is 4.88 Å². The maximum atomic E-state index is 12.0. The minimum absolute atomic E-state index is 0.137. The fraction of sp³-hybridized carbons (Fsp3) is 0.308. The van der Waals surface area contributed by atoms with Gasteiger partial charge in [-0.05, 0) is 18.9 Å². The third-order valence-electron chi connectivity index (χ3n) is 2.57. The number of aliphatic hydroxyl groups is 1. The second kappa shape index (κ2) is 6.40. The fourth-order valence-electron chi connectivity index (χ4n) is 1.60. The third kappa shape index (κ3) is 3.36. The second-order valence-electron chi connectivity index (χ2n) is 4.01. The van der Waals surface area contributed by atoms with E-state index >= 15 is 0 Å². The van der Waals surface area contributed by atoms with Crippen molar-refractivity contribution >= 4 is 22.9 Å². The number of aliphatic hydroxyl groups excluding tert-OH is 1. The summed E-state index contributed by atoms with van der Waals surface area (Å²) in [6.07, 6.45) is 6.57. The molecule has 0 aliphatic carbocycles. The summed E-state index contributed by atoms with van der Waals surface area (Å²) in [6, 6.07) is 1.67. The molecule has 0 fully saturated rings. The Morgan fingerprint density at radius 2 is 2.32 bits per heavy atom.